The van der Waals surface area contributed by atoms with Crippen LogP contribution >= 0.6 is 11.6 Å². The van der Waals surface area contributed by atoms with E-state index in [4.69, 9.17) is 22.1 Å². The molecule has 1 aromatic heterocycles. The summed E-state index contributed by atoms with van der Waals surface area (Å²) in [5, 5.41) is 0.143. The van der Waals surface area contributed by atoms with Gasteiger partial charge in [0, 0.05) is 11.8 Å². The number of hydrogen-bond donors (Lipinski definition) is 1. The van der Waals surface area contributed by atoms with Crippen LogP contribution in [0.4, 0.5) is 10.1 Å². The quantitative estimate of drug-likeness (QED) is 0.693. The monoisotopic (exact) mass is 280 g/mol. The first-order chi connectivity index (χ1) is 9.08. The molecule has 19 heavy (non-hydrogen) atoms. The van der Waals surface area contributed by atoms with E-state index in [0.29, 0.717) is 11.3 Å². The van der Waals surface area contributed by atoms with Crippen LogP contribution in [0.3, 0.4) is 0 Å². The first-order valence-corrected chi connectivity index (χ1v) is 5.76. The molecule has 0 aliphatic heterocycles. The van der Waals surface area contributed by atoms with Crippen LogP contribution in [0.25, 0.3) is 0 Å². The number of nitrogens with zero attached hydrogens (tertiary/aromatic N) is 1. The van der Waals surface area contributed by atoms with Gasteiger partial charge in [0.25, 0.3) is 0 Å². The predicted octanol–water partition coefficient (Wildman–Crippen LogP) is 2.81. The molecule has 98 valence electrons. The molecule has 0 saturated heterocycles. The molecule has 0 radical (unpaired) electrons. The summed E-state index contributed by atoms with van der Waals surface area (Å²) < 4.78 is 17.9. The smallest absolute Gasteiger partial charge is 0.340 e. The van der Waals surface area contributed by atoms with E-state index in [-0.39, 0.29) is 17.2 Å². The van der Waals surface area contributed by atoms with E-state index in [0.717, 1.165) is 6.20 Å². The van der Waals surface area contributed by atoms with Crippen LogP contribution in [0.1, 0.15) is 15.9 Å². The van der Waals surface area contributed by atoms with Crippen molar-refractivity contribution in [2.75, 3.05) is 5.73 Å². The van der Waals surface area contributed by atoms with Gasteiger partial charge in [-0.3, -0.25) is 4.98 Å². The highest BCUT2D eigenvalue weighted by Gasteiger charge is 2.13. The summed E-state index contributed by atoms with van der Waals surface area (Å²) >= 11 is 5.90. The first kappa shape index (κ1) is 13.3. The third-order valence-corrected chi connectivity index (χ3v) is 2.80. The molecule has 6 heteroatoms. The Balaban J connectivity index is 2.08. The summed E-state index contributed by atoms with van der Waals surface area (Å²) in [6.07, 6.45) is 2.48. The Morgan fingerprint density at radius 2 is 2.21 bits per heavy atom. The lowest BCUT2D eigenvalue weighted by molar-refractivity contribution is 0.0472. The molecular formula is C13H10ClFN2O2. The van der Waals surface area contributed by atoms with Gasteiger partial charge in [0.05, 0.1) is 22.5 Å². The summed E-state index contributed by atoms with van der Waals surface area (Å²) in [7, 11) is 0. The van der Waals surface area contributed by atoms with E-state index in [1.54, 1.807) is 12.1 Å². The Morgan fingerprint density at radius 3 is 2.95 bits per heavy atom. The summed E-state index contributed by atoms with van der Waals surface area (Å²) in [6.45, 7) is -0.0886. The van der Waals surface area contributed by atoms with Gasteiger partial charge in [-0.25, -0.2) is 9.18 Å². The number of carbonyl (C=O) groups excluding carboxylic acids is 1. The molecule has 0 bridgehead atoms. The maximum absolute atomic E-state index is 12.9. The molecule has 0 amide bonds. The van der Waals surface area contributed by atoms with Gasteiger partial charge in [-0.05, 0) is 18.2 Å². The molecule has 2 N–H and O–H groups in total. The van der Waals surface area contributed by atoms with Crippen molar-refractivity contribution in [2.24, 2.45) is 0 Å². The van der Waals surface area contributed by atoms with E-state index < -0.39 is 11.8 Å². The summed E-state index contributed by atoms with van der Waals surface area (Å²) in [5.74, 6) is -1.11. The van der Waals surface area contributed by atoms with Crippen molar-refractivity contribution in [2.45, 2.75) is 6.61 Å². The number of ether oxygens (including phenoxy) is 1. The Labute approximate surface area is 114 Å². The van der Waals surface area contributed by atoms with Crippen LogP contribution in [0, 0.1) is 5.82 Å². The second-order valence-electron chi connectivity index (χ2n) is 3.80. The number of rotatable bonds is 3. The zero-order valence-electron chi connectivity index (χ0n) is 9.77. The van der Waals surface area contributed by atoms with E-state index in [1.807, 2.05) is 0 Å². The van der Waals surface area contributed by atoms with Gasteiger partial charge in [-0.1, -0.05) is 17.7 Å². The van der Waals surface area contributed by atoms with Crippen LogP contribution in [-0.4, -0.2) is 11.0 Å². The molecule has 0 spiro atoms. The van der Waals surface area contributed by atoms with E-state index >= 15 is 0 Å². The zero-order chi connectivity index (χ0) is 13.8. The molecule has 0 aliphatic carbocycles. The fourth-order valence-electron chi connectivity index (χ4n) is 1.47. The molecule has 0 fully saturated rings. The number of esters is 1. The molecular weight excluding hydrogens is 271 g/mol. The third kappa shape index (κ3) is 3.20. The number of carbonyl (C=O) groups is 1. The number of nitrogen functional groups attached to an aromatic ring is 1. The highest BCUT2D eigenvalue weighted by Crippen LogP contribution is 2.23. The average Bonchev–Trinajstić information content (AvgIpc) is 2.39. The first-order valence-electron chi connectivity index (χ1n) is 5.38. The van der Waals surface area contributed by atoms with Crippen LogP contribution in [-0.2, 0) is 11.3 Å². The van der Waals surface area contributed by atoms with Crippen LogP contribution in [0.15, 0.2) is 36.7 Å². The van der Waals surface area contributed by atoms with E-state index in [1.165, 1.54) is 18.3 Å². The molecule has 1 heterocycles. The fraction of sp³-hybridized carbons (Fsp3) is 0.0769. The van der Waals surface area contributed by atoms with Gasteiger partial charge in [0.2, 0.25) is 0 Å². The van der Waals surface area contributed by atoms with Gasteiger partial charge in [-0.2, -0.15) is 0 Å². The van der Waals surface area contributed by atoms with Gasteiger partial charge < -0.3 is 10.5 Å². The zero-order valence-corrected chi connectivity index (χ0v) is 10.5. The van der Waals surface area contributed by atoms with E-state index in [2.05, 4.69) is 4.98 Å². The normalized spacial score (nSPS) is 10.2. The largest absolute Gasteiger partial charge is 0.457 e. The SMILES string of the molecule is Nc1cccc(C(=O)OCc2cncc(F)c2)c1Cl. The molecule has 1 aromatic carbocycles. The minimum absolute atomic E-state index is 0.0886. The maximum Gasteiger partial charge on any atom is 0.340 e. The molecule has 0 aliphatic rings. The van der Waals surface area contributed by atoms with Crippen molar-refractivity contribution in [3.63, 3.8) is 0 Å². The molecule has 2 rings (SSSR count). The van der Waals surface area contributed by atoms with Gasteiger partial charge in [-0.15, -0.1) is 0 Å². The molecule has 0 saturated carbocycles. The number of anilines is 1. The Bertz CT molecular complexity index is 619. The van der Waals surface area contributed by atoms with Crippen LogP contribution in [0.2, 0.25) is 5.02 Å². The number of halogens is 2. The predicted molar refractivity (Wildman–Crippen MR) is 69.2 cm³/mol. The van der Waals surface area contributed by atoms with Crippen molar-refractivity contribution in [1.29, 1.82) is 0 Å². The van der Waals surface area contributed by atoms with Crippen molar-refractivity contribution >= 4 is 23.3 Å². The van der Waals surface area contributed by atoms with E-state index in [9.17, 15) is 9.18 Å². The second kappa shape index (κ2) is 5.67. The lowest BCUT2D eigenvalue weighted by Crippen LogP contribution is -2.07. The molecule has 0 unspecified atom stereocenters. The van der Waals surface area contributed by atoms with Crippen molar-refractivity contribution in [3.05, 3.63) is 58.6 Å². The lowest BCUT2D eigenvalue weighted by Gasteiger charge is -2.07. The van der Waals surface area contributed by atoms with Crippen molar-refractivity contribution < 1.29 is 13.9 Å². The second-order valence-corrected chi connectivity index (χ2v) is 4.17. The average molecular weight is 281 g/mol. The van der Waals surface area contributed by atoms with Gasteiger partial charge in [0.1, 0.15) is 12.4 Å². The maximum atomic E-state index is 12.9. The number of benzene rings is 1. The summed E-state index contributed by atoms with van der Waals surface area (Å²) in [6, 6.07) is 5.92. The molecule has 4 nitrogen and oxygen atoms in total. The number of nitrogens with two attached hydrogens (primary N) is 1. The Morgan fingerprint density at radius 1 is 1.42 bits per heavy atom. The lowest BCUT2D eigenvalue weighted by atomic mass is 10.2. The number of pyridine rings is 1. The van der Waals surface area contributed by atoms with Crippen molar-refractivity contribution in [3.8, 4) is 0 Å². The highest BCUT2D eigenvalue weighted by molar-refractivity contribution is 6.36. The highest BCUT2D eigenvalue weighted by atomic mass is 35.5. The standard InChI is InChI=1S/C13H10ClFN2O2/c14-12-10(2-1-3-11(12)16)13(18)19-7-8-4-9(15)6-17-5-8/h1-6H,7,16H2. The minimum Gasteiger partial charge on any atom is -0.457 e. The number of hydrogen-bond acceptors (Lipinski definition) is 4. The van der Waals surface area contributed by atoms with Crippen LogP contribution < -0.4 is 5.73 Å². The molecule has 2 aromatic rings. The van der Waals surface area contributed by atoms with Gasteiger partial charge >= 0.3 is 5.97 Å². The Kier molecular flexibility index (Phi) is 3.97. The fourth-order valence-corrected chi connectivity index (χ4v) is 1.67. The minimum atomic E-state index is -0.624. The summed E-state index contributed by atoms with van der Waals surface area (Å²) in [5.41, 5.74) is 6.51. The topological polar surface area (TPSA) is 65.2 Å². The number of aromatic nitrogens is 1. The Hall–Kier alpha value is -2.14. The summed E-state index contributed by atoms with van der Waals surface area (Å²) in [4.78, 5) is 15.5. The van der Waals surface area contributed by atoms with Gasteiger partial charge in [0.15, 0.2) is 0 Å². The van der Waals surface area contributed by atoms with Crippen molar-refractivity contribution in [1.82, 2.24) is 4.98 Å². The molecule has 0 atom stereocenters. The third-order valence-electron chi connectivity index (χ3n) is 2.38. The van der Waals surface area contributed by atoms with Crippen LogP contribution in [0.5, 0.6) is 0 Å².